The molecule has 1 aliphatic heterocycles. The highest BCUT2D eigenvalue weighted by molar-refractivity contribution is 6.43. The number of allylic oxidation sites excluding steroid dienone is 1. The molecule has 0 saturated heterocycles. The number of ketones is 1. The van der Waals surface area contributed by atoms with Crippen LogP contribution in [-0.2, 0) is 0 Å². The number of esters is 1. The maximum atomic E-state index is 12.6. The van der Waals surface area contributed by atoms with Gasteiger partial charge >= 0.3 is 5.97 Å². The van der Waals surface area contributed by atoms with Gasteiger partial charge < -0.3 is 9.47 Å². The van der Waals surface area contributed by atoms with Crippen LogP contribution in [0, 0.1) is 10.1 Å². The number of nitro groups is 1. The van der Waals surface area contributed by atoms with Crippen molar-refractivity contribution >= 4 is 46.7 Å². The van der Waals surface area contributed by atoms with Crippen LogP contribution in [0.5, 0.6) is 11.5 Å². The maximum Gasteiger partial charge on any atom is 0.343 e. The number of Topliss-reactive ketones (excluding diaryl/α,β-unsaturated/α-hetero) is 1. The molecule has 7 nitrogen and oxygen atoms in total. The standard InChI is InChI=1S/C22H11Cl2NO6/c23-17-3-1-2-13(20(17)24)10-19-21(26)16-9-8-15(11-18(16)31-19)30-22(27)12-4-6-14(7-5-12)25(28)29/h1-11H/b19-10-. The Morgan fingerprint density at radius 1 is 1.06 bits per heavy atom. The van der Waals surface area contributed by atoms with Crippen LogP contribution in [0.15, 0.2) is 66.4 Å². The van der Waals surface area contributed by atoms with Crippen LogP contribution in [0.25, 0.3) is 6.08 Å². The van der Waals surface area contributed by atoms with Crippen LogP contribution in [0.1, 0.15) is 26.3 Å². The van der Waals surface area contributed by atoms with Gasteiger partial charge in [0.25, 0.3) is 5.69 Å². The summed E-state index contributed by atoms with van der Waals surface area (Å²) in [7, 11) is 0. The number of rotatable bonds is 4. The second-order valence-electron chi connectivity index (χ2n) is 6.43. The molecule has 0 unspecified atom stereocenters. The summed E-state index contributed by atoms with van der Waals surface area (Å²) in [6, 6.07) is 14.4. The van der Waals surface area contributed by atoms with Gasteiger partial charge in [-0.2, -0.15) is 0 Å². The van der Waals surface area contributed by atoms with E-state index in [1.807, 2.05) is 0 Å². The number of nitrogens with zero attached hydrogens (tertiary/aromatic N) is 1. The molecular weight excluding hydrogens is 445 g/mol. The Hall–Kier alpha value is -3.68. The van der Waals surface area contributed by atoms with E-state index in [1.165, 1.54) is 48.5 Å². The number of carbonyl (C=O) groups excluding carboxylic acids is 2. The molecule has 154 valence electrons. The lowest BCUT2D eigenvalue weighted by Crippen LogP contribution is -2.08. The third-order valence-electron chi connectivity index (χ3n) is 4.43. The molecule has 0 spiro atoms. The molecule has 0 saturated carbocycles. The van der Waals surface area contributed by atoms with E-state index in [1.54, 1.807) is 18.2 Å². The van der Waals surface area contributed by atoms with Gasteiger partial charge in [-0.15, -0.1) is 0 Å². The summed E-state index contributed by atoms with van der Waals surface area (Å²) in [5, 5.41) is 11.4. The Balaban J connectivity index is 1.54. The zero-order valence-electron chi connectivity index (χ0n) is 15.5. The molecule has 0 radical (unpaired) electrons. The molecule has 0 fully saturated rings. The number of non-ortho nitro benzene ring substituents is 1. The van der Waals surface area contributed by atoms with Gasteiger partial charge in [-0.25, -0.2) is 4.79 Å². The normalized spacial score (nSPS) is 13.6. The number of fused-ring (bicyclic) bond motifs is 1. The summed E-state index contributed by atoms with van der Waals surface area (Å²) in [6.07, 6.45) is 1.49. The molecule has 0 aliphatic carbocycles. The maximum absolute atomic E-state index is 12.6. The molecule has 0 bridgehead atoms. The Kier molecular flexibility index (Phi) is 5.46. The number of hydrogen-bond acceptors (Lipinski definition) is 6. The molecule has 1 aliphatic rings. The van der Waals surface area contributed by atoms with E-state index in [4.69, 9.17) is 32.7 Å². The second-order valence-corrected chi connectivity index (χ2v) is 7.22. The van der Waals surface area contributed by atoms with E-state index < -0.39 is 10.9 Å². The summed E-state index contributed by atoms with van der Waals surface area (Å²) in [4.78, 5) is 35.1. The van der Waals surface area contributed by atoms with Crippen molar-refractivity contribution in [1.29, 1.82) is 0 Å². The van der Waals surface area contributed by atoms with Gasteiger partial charge in [-0.05, 0) is 42.0 Å². The highest BCUT2D eigenvalue weighted by atomic mass is 35.5. The molecule has 0 aromatic heterocycles. The molecule has 9 heteroatoms. The lowest BCUT2D eigenvalue weighted by molar-refractivity contribution is -0.384. The molecule has 0 N–H and O–H groups in total. The number of nitro benzene ring substituents is 1. The summed E-state index contributed by atoms with van der Waals surface area (Å²) in [5.74, 6) is -0.627. The third kappa shape index (κ3) is 4.14. The van der Waals surface area contributed by atoms with Gasteiger partial charge in [0.05, 0.1) is 26.1 Å². The van der Waals surface area contributed by atoms with Crippen molar-refractivity contribution in [2.24, 2.45) is 0 Å². The fraction of sp³-hybridized carbons (Fsp3) is 0. The molecule has 4 rings (SSSR count). The molecular formula is C22H11Cl2NO6. The Bertz CT molecular complexity index is 1270. The van der Waals surface area contributed by atoms with E-state index in [-0.39, 0.29) is 34.3 Å². The van der Waals surface area contributed by atoms with Crippen molar-refractivity contribution in [1.82, 2.24) is 0 Å². The van der Waals surface area contributed by atoms with E-state index >= 15 is 0 Å². The SMILES string of the molecule is O=C(Oc1ccc2c(c1)O/C(=C\c1cccc(Cl)c1Cl)C2=O)c1ccc([N+](=O)[O-])cc1. The monoisotopic (exact) mass is 455 g/mol. The quantitative estimate of drug-likeness (QED) is 0.163. The average Bonchev–Trinajstić information content (AvgIpc) is 3.06. The minimum Gasteiger partial charge on any atom is -0.452 e. The largest absolute Gasteiger partial charge is 0.452 e. The van der Waals surface area contributed by atoms with E-state index in [0.29, 0.717) is 21.2 Å². The van der Waals surface area contributed by atoms with Gasteiger partial charge in [0.2, 0.25) is 5.78 Å². The molecule has 0 atom stereocenters. The Morgan fingerprint density at radius 3 is 2.52 bits per heavy atom. The van der Waals surface area contributed by atoms with Gasteiger partial charge in [0.1, 0.15) is 11.5 Å². The Labute approximate surface area is 185 Å². The summed E-state index contributed by atoms with van der Waals surface area (Å²) < 4.78 is 10.9. The van der Waals surface area contributed by atoms with Gasteiger partial charge in [-0.1, -0.05) is 35.3 Å². The van der Waals surface area contributed by atoms with Crippen molar-refractivity contribution in [3.8, 4) is 11.5 Å². The van der Waals surface area contributed by atoms with Gasteiger partial charge in [-0.3, -0.25) is 14.9 Å². The summed E-state index contributed by atoms with van der Waals surface area (Å²) in [6.45, 7) is 0. The highest BCUT2D eigenvalue weighted by Gasteiger charge is 2.28. The zero-order chi connectivity index (χ0) is 22.1. The van der Waals surface area contributed by atoms with Crippen LogP contribution < -0.4 is 9.47 Å². The first-order valence-electron chi connectivity index (χ1n) is 8.82. The topological polar surface area (TPSA) is 95.7 Å². The first-order valence-corrected chi connectivity index (χ1v) is 9.58. The number of ether oxygens (including phenoxy) is 2. The van der Waals surface area contributed by atoms with E-state index in [9.17, 15) is 19.7 Å². The minimum atomic E-state index is -0.708. The first kappa shape index (κ1) is 20.6. The molecule has 31 heavy (non-hydrogen) atoms. The van der Waals surface area contributed by atoms with Crippen molar-refractivity contribution in [3.05, 3.63) is 103 Å². The molecule has 3 aromatic carbocycles. The molecule has 3 aromatic rings. The van der Waals surface area contributed by atoms with Crippen LogP contribution >= 0.6 is 23.2 Å². The van der Waals surface area contributed by atoms with Crippen molar-refractivity contribution in [2.75, 3.05) is 0 Å². The minimum absolute atomic E-state index is 0.0537. The third-order valence-corrected chi connectivity index (χ3v) is 5.27. The second kappa shape index (κ2) is 8.22. The van der Waals surface area contributed by atoms with Crippen molar-refractivity contribution in [2.45, 2.75) is 0 Å². The average molecular weight is 456 g/mol. The molecule has 0 amide bonds. The smallest absolute Gasteiger partial charge is 0.343 e. The fourth-order valence-electron chi connectivity index (χ4n) is 2.89. The zero-order valence-corrected chi connectivity index (χ0v) is 17.0. The van der Waals surface area contributed by atoms with E-state index in [2.05, 4.69) is 0 Å². The van der Waals surface area contributed by atoms with Crippen LogP contribution in [0.2, 0.25) is 10.0 Å². The number of halogens is 2. The predicted octanol–water partition coefficient (Wildman–Crippen LogP) is 5.74. The lowest BCUT2D eigenvalue weighted by Gasteiger charge is -2.06. The summed E-state index contributed by atoms with van der Waals surface area (Å²) in [5.41, 5.74) is 0.828. The fourth-order valence-corrected chi connectivity index (χ4v) is 3.25. The summed E-state index contributed by atoms with van der Waals surface area (Å²) >= 11 is 12.2. The van der Waals surface area contributed by atoms with Gasteiger partial charge in [0.15, 0.2) is 5.76 Å². The first-order chi connectivity index (χ1) is 14.8. The Morgan fingerprint density at radius 2 is 1.81 bits per heavy atom. The van der Waals surface area contributed by atoms with Crippen molar-refractivity contribution < 1.29 is 24.0 Å². The number of carbonyl (C=O) groups is 2. The van der Waals surface area contributed by atoms with Crippen LogP contribution in [0.3, 0.4) is 0 Å². The highest BCUT2D eigenvalue weighted by Crippen LogP contribution is 2.36. The van der Waals surface area contributed by atoms with Crippen LogP contribution in [-0.4, -0.2) is 16.7 Å². The molecule has 1 heterocycles. The van der Waals surface area contributed by atoms with Crippen LogP contribution in [0.4, 0.5) is 5.69 Å². The number of benzene rings is 3. The lowest BCUT2D eigenvalue weighted by atomic mass is 10.1. The van der Waals surface area contributed by atoms with Gasteiger partial charge in [0, 0.05) is 18.2 Å². The number of hydrogen-bond donors (Lipinski definition) is 0. The van der Waals surface area contributed by atoms with Crippen molar-refractivity contribution in [3.63, 3.8) is 0 Å². The van der Waals surface area contributed by atoms with E-state index in [0.717, 1.165) is 0 Å². The predicted molar refractivity (Wildman–Crippen MR) is 114 cm³/mol.